The lowest BCUT2D eigenvalue weighted by Crippen LogP contribution is -2.39. The van der Waals surface area contributed by atoms with Gasteiger partial charge in [0.15, 0.2) is 0 Å². The number of carboxylic acids is 1. The fourth-order valence-corrected chi connectivity index (χ4v) is 1.81. The van der Waals surface area contributed by atoms with Gasteiger partial charge in [0.1, 0.15) is 5.75 Å². The van der Waals surface area contributed by atoms with E-state index in [1.165, 1.54) is 12.1 Å². The summed E-state index contributed by atoms with van der Waals surface area (Å²) < 4.78 is 11.1. The van der Waals surface area contributed by atoms with Gasteiger partial charge in [-0.25, -0.2) is 4.79 Å². The first-order chi connectivity index (χ1) is 8.75. The second-order valence-corrected chi connectivity index (χ2v) is 4.16. The molecule has 0 saturated carbocycles. The molecule has 1 saturated heterocycles. The van der Waals surface area contributed by atoms with Gasteiger partial charge in [0.2, 0.25) is 0 Å². The number of aromatic carboxylic acids is 1. The Labute approximate surface area is 106 Å². The van der Waals surface area contributed by atoms with Crippen LogP contribution in [0.1, 0.15) is 16.8 Å². The maximum Gasteiger partial charge on any atom is 0.335 e. The van der Waals surface area contributed by atoms with E-state index in [9.17, 15) is 4.79 Å². The van der Waals surface area contributed by atoms with Crippen LogP contribution >= 0.6 is 0 Å². The molecule has 1 atom stereocenters. The molecule has 1 unspecified atom stereocenters. The SMILES string of the molecule is O=C(O)c1ccc(OCCC2CNCCO2)cc1. The number of rotatable bonds is 5. The summed E-state index contributed by atoms with van der Waals surface area (Å²) in [5.41, 5.74) is 0.266. The molecule has 0 amide bonds. The van der Waals surface area contributed by atoms with E-state index in [-0.39, 0.29) is 11.7 Å². The van der Waals surface area contributed by atoms with Gasteiger partial charge in [-0.3, -0.25) is 0 Å². The highest BCUT2D eigenvalue weighted by molar-refractivity contribution is 5.87. The molecular formula is C13H17NO4. The van der Waals surface area contributed by atoms with E-state index in [1.807, 2.05) is 0 Å². The Morgan fingerprint density at radius 2 is 2.22 bits per heavy atom. The Balaban J connectivity index is 1.74. The molecule has 1 fully saturated rings. The number of ether oxygens (including phenoxy) is 2. The van der Waals surface area contributed by atoms with Crippen molar-refractivity contribution in [1.29, 1.82) is 0 Å². The van der Waals surface area contributed by atoms with Crippen LogP contribution in [0.25, 0.3) is 0 Å². The number of hydrogen-bond donors (Lipinski definition) is 2. The minimum Gasteiger partial charge on any atom is -0.493 e. The molecule has 0 aliphatic carbocycles. The average Bonchev–Trinajstić information content (AvgIpc) is 2.40. The topological polar surface area (TPSA) is 67.8 Å². The summed E-state index contributed by atoms with van der Waals surface area (Å²) in [6, 6.07) is 6.42. The Kier molecular flexibility index (Phi) is 4.55. The summed E-state index contributed by atoms with van der Waals surface area (Å²) in [6.45, 7) is 3.09. The normalized spacial score (nSPS) is 19.4. The molecule has 2 N–H and O–H groups in total. The summed E-state index contributed by atoms with van der Waals surface area (Å²) in [5, 5.41) is 12.0. The summed E-state index contributed by atoms with van der Waals surface area (Å²) in [7, 11) is 0. The van der Waals surface area contributed by atoms with Crippen LogP contribution in [0, 0.1) is 0 Å². The van der Waals surface area contributed by atoms with Crippen LogP contribution in [0.2, 0.25) is 0 Å². The number of carbonyl (C=O) groups is 1. The molecule has 2 rings (SSSR count). The van der Waals surface area contributed by atoms with Crippen LogP contribution in [0.5, 0.6) is 5.75 Å². The van der Waals surface area contributed by atoms with E-state index in [0.717, 1.165) is 26.1 Å². The second kappa shape index (κ2) is 6.37. The molecular weight excluding hydrogens is 234 g/mol. The second-order valence-electron chi connectivity index (χ2n) is 4.16. The fraction of sp³-hybridized carbons (Fsp3) is 0.462. The fourth-order valence-electron chi connectivity index (χ4n) is 1.81. The summed E-state index contributed by atoms with van der Waals surface area (Å²) in [6.07, 6.45) is 1.03. The monoisotopic (exact) mass is 251 g/mol. The molecule has 1 aromatic rings. The van der Waals surface area contributed by atoms with Crippen LogP contribution in [0.4, 0.5) is 0 Å². The van der Waals surface area contributed by atoms with Crippen molar-refractivity contribution >= 4 is 5.97 Å². The minimum atomic E-state index is -0.928. The molecule has 5 nitrogen and oxygen atoms in total. The van der Waals surface area contributed by atoms with Gasteiger partial charge in [-0.2, -0.15) is 0 Å². The van der Waals surface area contributed by atoms with E-state index in [4.69, 9.17) is 14.6 Å². The molecule has 1 aromatic carbocycles. The van der Waals surface area contributed by atoms with Gasteiger partial charge >= 0.3 is 5.97 Å². The van der Waals surface area contributed by atoms with Crippen LogP contribution < -0.4 is 10.1 Å². The largest absolute Gasteiger partial charge is 0.493 e. The van der Waals surface area contributed by atoms with Crippen molar-refractivity contribution in [3.63, 3.8) is 0 Å². The average molecular weight is 251 g/mol. The highest BCUT2D eigenvalue weighted by Crippen LogP contribution is 2.13. The molecule has 1 heterocycles. The Morgan fingerprint density at radius 1 is 1.44 bits per heavy atom. The molecule has 0 radical (unpaired) electrons. The van der Waals surface area contributed by atoms with Crippen LogP contribution in [0.3, 0.4) is 0 Å². The zero-order chi connectivity index (χ0) is 12.8. The van der Waals surface area contributed by atoms with Crippen LogP contribution in [-0.4, -0.2) is 43.5 Å². The predicted molar refractivity (Wildman–Crippen MR) is 66.1 cm³/mol. The highest BCUT2D eigenvalue weighted by atomic mass is 16.5. The molecule has 18 heavy (non-hydrogen) atoms. The van der Waals surface area contributed by atoms with E-state index in [2.05, 4.69) is 5.32 Å². The van der Waals surface area contributed by atoms with E-state index >= 15 is 0 Å². The number of hydrogen-bond acceptors (Lipinski definition) is 4. The van der Waals surface area contributed by atoms with Gasteiger partial charge in [-0.1, -0.05) is 0 Å². The minimum absolute atomic E-state index is 0.206. The van der Waals surface area contributed by atoms with Crippen molar-refractivity contribution in [2.24, 2.45) is 0 Å². The van der Waals surface area contributed by atoms with E-state index < -0.39 is 5.97 Å². The first kappa shape index (κ1) is 12.9. The van der Waals surface area contributed by atoms with Gasteiger partial charge in [-0.05, 0) is 24.3 Å². The molecule has 1 aliphatic heterocycles. The van der Waals surface area contributed by atoms with Crippen molar-refractivity contribution in [3.05, 3.63) is 29.8 Å². The van der Waals surface area contributed by atoms with Crippen molar-refractivity contribution in [1.82, 2.24) is 5.32 Å². The molecule has 5 heteroatoms. The van der Waals surface area contributed by atoms with E-state index in [1.54, 1.807) is 12.1 Å². The standard InChI is InChI=1S/C13H17NO4/c15-13(16)10-1-3-11(4-2-10)17-7-5-12-9-14-6-8-18-12/h1-4,12,14H,5-9H2,(H,15,16). The lowest BCUT2D eigenvalue weighted by molar-refractivity contribution is 0.0159. The number of nitrogens with one attached hydrogen (secondary N) is 1. The summed E-state index contributed by atoms with van der Waals surface area (Å²) in [4.78, 5) is 10.7. The lowest BCUT2D eigenvalue weighted by Gasteiger charge is -2.23. The first-order valence-electron chi connectivity index (χ1n) is 6.04. The number of benzene rings is 1. The van der Waals surface area contributed by atoms with Gasteiger partial charge in [0.25, 0.3) is 0 Å². The van der Waals surface area contributed by atoms with E-state index in [0.29, 0.717) is 12.4 Å². The zero-order valence-corrected chi connectivity index (χ0v) is 10.1. The number of carboxylic acid groups (broad SMARTS) is 1. The van der Waals surface area contributed by atoms with Crippen molar-refractivity contribution < 1.29 is 19.4 Å². The maximum absolute atomic E-state index is 10.7. The predicted octanol–water partition coefficient (Wildman–Crippen LogP) is 1.14. The molecule has 0 aromatic heterocycles. The smallest absolute Gasteiger partial charge is 0.335 e. The van der Waals surface area contributed by atoms with Gasteiger partial charge in [0, 0.05) is 19.5 Å². The lowest BCUT2D eigenvalue weighted by atomic mass is 10.2. The Bertz CT molecular complexity index is 384. The van der Waals surface area contributed by atoms with Crippen LogP contribution in [-0.2, 0) is 4.74 Å². The third-order valence-corrected chi connectivity index (χ3v) is 2.81. The molecule has 0 spiro atoms. The summed E-state index contributed by atoms with van der Waals surface area (Å²) >= 11 is 0. The van der Waals surface area contributed by atoms with Crippen molar-refractivity contribution in [2.75, 3.05) is 26.3 Å². The van der Waals surface area contributed by atoms with Gasteiger partial charge in [0.05, 0.1) is 24.9 Å². The first-order valence-corrected chi connectivity index (χ1v) is 6.04. The van der Waals surface area contributed by atoms with Crippen LogP contribution in [0.15, 0.2) is 24.3 Å². The Hall–Kier alpha value is -1.59. The summed E-state index contributed by atoms with van der Waals surface area (Å²) in [5.74, 6) is -0.244. The highest BCUT2D eigenvalue weighted by Gasteiger charge is 2.12. The van der Waals surface area contributed by atoms with Gasteiger partial charge < -0.3 is 19.9 Å². The maximum atomic E-state index is 10.7. The molecule has 0 bridgehead atoms. The third kappa shape index (κ3) is 3.72. The Morgan fingerprint density at radius 3 is 2.83 bits per heavy atom. The third-order valence-electron chi connectivity index (χ3n) is 2.81. The van der Waals surface area contributed by atoms with Gasteiger partial charge in [-0.15, -0.1) is 0 Å². The molecule has 1 aliphatic rings. The number of morpholine rings is 1. The van der Waals surface area contributed by atoms with Crippen molar-refractivity contribution in [3.8, 4) is 5.75 Å². The van der Waals surface area contributed by atoms with Crippen molar-refractivity contribution in [2.45, 2.75) is 12.5 Å². The quantitative estimate of drug-likeness (QED) is 0.821. The zero-order valence-electron chi connectivity index (χ0n) is 10.1. The molecule has 98 valence electrons.